The fourth-order valence-electron chi connectivity index (χ4n) is 1.60. The van der Waals surface area contributed by atoms with Crippen molar-refractivity contribution in [2.45, 2.75) is 25.7 Å². The van der Waals surface area contributed by atoms with Gasteiger partial charge in [-0.05, 0) is 17.9 Å². The normalized spacial score (nSPS) is 12.1. The quantitative estimate of drug-likeness (QED) is 0.614. The zero-order valence-electron chi connectivity index (χ0n) is 8.92. The van der Waals surface area contributed by atoms with Crippen LogP contribution in [0.3, 0.4) is 0 Å². The predicted octanol–water partition coefficient (Wildman–Crippen LogP) is 2.56. The molecule has 5 nitrogen and oxygen atoms in total. The lowest BCUT2D eigenvalue weighted by Crippen LogP contribution is -2.05. The maximum atomic E-state index is 10.6. The average Bonchev–Trinajstić information content (AvgIpc) is 2.25. The lowest BCUT2D eigenvalue weighted by Gasteiger charge is -2.12. The summed E-state index contributed by atoms with van der Waals surface area (Å²) >= 11 is 0. The molecule has 1 N–H and O–H groups in total. The van der Waals surface area contributed by atoms with Crippen LogP contribution in [0.15, 0.2) is 24.3 Å². The molecule has 0 saturated heterocycles. The zero-order valence-corrected chi connectivity index (χ0v) is 8.92. The molecule has 1 unspecified atom stereocenters. The third-order valence-electron chi connectivity index (χ3n) is 2.47. The van der Waals surface area contributed by atoms with Crippen molar-refractivity contribution in [2.75, 3.05) is 0 Å². The number of nitro groups is 1. The number of nitrogens with zero attached hydrogens (tertiary/aromatic N) is 1. The molecule has 0 bridgehead atoms. The van der Waals surface area contributed by atoms with E-state index in [1.165, 1.54) is 12.1 Å². The Morgan fingerprint density at radius 2 is 2.25 bits per heavy atom. The predicted molar refractivity (Wildman–Crippen MR) is 58.4 cm³/mol. The van der Waals surface area contributed by atoms with Gasteiger partial charge in [0, 0.05) is 12.1 Å². The Morgan fingerprint density at radius 1 is 1.56 bits per heavy atom. The van der Waals surface area contributed by atoms with E-state index in [0.717, 1.165) is 0 Å². The van der Waals surface area contributed by atoms with Crippen molar-refractivity contribution < 1.29 is 14.8 Å². The summed E-state index contributed by atoms with van der Waals surface area (Å²) in [5, 5.41) is 19.3. The first-order valence-electron chi connectivity index (χ1n) is 5.00. The van der Waals surface area contributed by atoms with E-state index in [2.05, 4.69) is 0 Å². The van der Waals surface area contributed by atoms with Crippen LogP contribution in [0.4, 0.5) is 5.69 Å². The number of hydrogen-bond donors (Lipinski definition) is 1. The van der Waals surface area contributed by atoms with Crippen molar-refractivity contribution in [3.63, 3.8) is 0 Å². The van der Waals surface area contributed by atoms with E-state index in [9.17, 15) is 14.9 Å². The number of carboxylic acids is 1. The Balaban J connectivity index is 2.96. The molecule has 0 saturated carbocycles. The minimum absolute atomic E-state index is 0.00124. The summed E-state index contributed by atoms with van der Waals surface area (Å²) in [6.45, 7) is 1.87. The third-order valence-corrected chi connectivity index (χ3v) is 2.47. The van der Waals surface area contributed by atoms with Gasteiger partial charge < -0.3 is 5.11 Å². The van der Waals surface area contributed by atoms with Gasteiger partial charge in [-0.2, -0.15) is 0 Å². The molecule has 0 aliphatic rings. The van der Waals surface area contributed by atoms with E-state index in [4.69, 9.17) is 5.11 Å². The summed E-state index contributed by atoms with van der Waals surface area (Å²) in [4.78, 5) is 20.7. The van der Waals surface area contributed by atoms with Gasteiger partial charge in [-0.1, -0.05) is 19.1 Å². The van der Waals surface area contributed by atoms with Crippen LogP contribution >= 0.6 is 0 Å². The standard InChI is InChI=1S/C11H13NO4/c1-2-8(7-11(13)14)9-4-3-5-10(6-9)12(15)16/h3-6,8H,2,7H2,1H3,(H,13,14). The summed E-state index contributed by atoms with van der Waals surface area (Å²) in [5.41, 5.74) is 0.709. The highest BCUT2D eigenvalue weighted by molar-refractivity contribution is 5.68. The molecule has 0 aliphatic heterocycles. The first-order valence-corrected chi connectivity index (χ1v) is 5.00. The van der Waals surface area contributed by atoms with Gasteiger partial charge in [-0.15, -0.1) is 0 Å². The Bertz CT molecular complexity index is 403. The molecule has 0 radical (unpaired) electrons. The number of carboxylic acid groups (broad SMARTS) is 1. The summed E-state index contributed by atoms with van der Waals surface area (Å²) in [5.74, 6) is -1.06. The molecular weight excluding hydrogens is 210 g/mol. The Hall–Kier alpha value is -1.91. The Morgan fingerprint density at radius 3 is 2.75 bits per heavy atom. The van der Waals surface area contributed by atoms with E-state index >= 15 is 0 Å². The molecule has 0 fully saturated rings. The average molecular weight is 223 g/mol. The molecule has 1 rings (SSSR count). The fraction of sp³-hybridized carbons (Fsp3) is 0.364. The van der Waals surface area contributed by atoms with Crippen molar-refractivity contribution in [1.82, 2.24) is 0 Å². The van der Waals surface area contributed by atoms with E-state index in [0.29, 0.717) is 12.0 Å². The highest BCUT2D eigenvalue weighted by Crippen LogP contribution is 2.26. The van der Waals surface area contributed by atoms with Crippen molar-refractivity contribution in [3.05, 3.63) is 39.9 Å². The molecule has 5 heteroatoms. The van der Waals surface area contributed by atoms with Crippen molar-refractivity contribution >= 4 is 11.7 Å². The van der Waals surface area contributed by atoms with Crippen LogP contribution in [0, 0.1) is 10.1 Å². The van der Waals surface area contributed by atoms with Crippen LogP contribution in [-0.4, -0.2) is 16.0 Å². The molecule has 0 heterocycles. The van der Waals surface area contributed by atoms with Crippen LogP contribution in [0.1, 0.15) is 31.2 Å². The van der Waals surface area contributed by atoms with Gasteiger partial charge in [-0.25, -0.2) is 0 Å². The molecule has 1 aromatic carbocycles. The van der Waals surface area contributed by atoms with Gasteiger partial charge in [0.2, 0.25) is 0 Å². The number of rotatable bonds is 5. The van der Waals surface area contributed by atoms with E-state index in [-0.39, 0.29) is 18.0 Å². The van der Waals surface area contributed by atoms with E-state index in [1.54, 1.807) is 12.1 Å². The number of aliphatic carboxylic acids is 1. The first-order chi connectivity index (χ1) is 7.54. The van der Waals surface area contributed by atoms with Gasteiger partial charge in [0.25, 0.3) is 5.69 Å². The molecule has 16 heavy (non-hydrogen) atoms. The number of hydrogen-bond acceptors (Lipinski definition) is 3. The smallest absolute Gasteiger partial charge is 0.303 e. The number of benzene rings is 1. The third kappa shape index (κ3) is 3.05. The maximum absolute atomic E-state index is 10.6. The van der Waals surface area contributed by atoms with Gasteiger partial charge in [0.15, 0.2) is 0 Å². The minimum atomic E-state index is -0.890. The molecule has 0 aromatic heterocycles. The summed E-state index contributed by atoms with van der Waals surface area (Å²) in [6, 6.07) is 6.15. The second-order valence-electron chi connectivity index (χ2n) is 3.56. The van der Waals surface area contributed by atoms with Gasteiger partial charge in [-0.3, -0.25) is 14.9 Å². The van der Waals surface area contributed by atoms with Crippen molar-refractivity contribution in [1.29, 1.82) is 0 Å². The lowest BCUT2D eigenvalue weighted by molar-refractivity contribution is -0.384. The molecule has 86 valence electrons. The number of carbonyl (C=O) groups is 1. The molecule has 0 amide bonds. The topological polar surface area (TPSA) is 80.4 Å². The van der Waals surface area contributed by atoms with Gasteiger partial charge in [0.05, 0.1) is 11.3 Å². The van der Waals surface area contributed by atoms with Crippen molar-refractivity contribution in [2.24, 2.45) is 0 Å². The summed E-state index contributed by atoms with van der Waals surface area (Å²) < 4.78 is 0. The molecule has 0 aliphatic carbocycles. The monoisotopic (exact) mass is 223 g/mol. The number of non-ortho nitro benzene ring substituents is 1. The van der Waals surface area contributed by atoms with Crippen LogP contribution in [0.5, 0.6) is 0 Å². The minimum Gasteiger partial charge on any atom is -0.481 e. The van der Waals surface area contributed by atoms with Crippen LogP contribution in [0.25, 0.3) is 0 Å². The summed E-state index contributed by atoms with van der Waals surface area (Å²) in [6.07, 6.45) is 0.644. The highest BCUT2D eigenvalue weighted by Gasteiger charge is 2.16. The van der Waals surface area contributed by atoms with Gasteiger partial charge in [0.1, 0.15) is 0 Å². The maximum Gasteiger partial charge on any atom is 0.303 e. The largest absolute Gasteiger partial charge is 0.481 e. The second-order valence-corrected chi connectivity index (χ2v) is 3.56. The number of nitro benzene ring substituents is 1. The Kier molecular flexibility index (Phi) is 3.99. The van der Waals surface area contributed by atoms with Crippen LogP contribution < -0.4 is 0 Å². The second kappa shape index (κ2) is 5.25. The Labute approximate surface area is 92.9 Å². The summed E-state index contributed by atoms with van der Waals surface area (Å²) in [7, 11) is 0. The van der Waals surface area contributed by atoms with Crippen LogP contribution in [0.2, 0.25) is 0 Å². The zero-order chi connectivity index (χ0) is 12.1. The molecule has 1 aromatic rings. The first kappa shape index (κ1) is 12.2. The van der Waals surface area contributed by atoms with E-state index in [1.807, 2.05) is 6.92 Å². The fourth-order valence-corrected chi connectivity index (χ4v) is 1.60. The molecule has 0 spiro atoms. The highest BCUT2D eigenvalue weighted by atomic mass is 16.6. The SMILES string of the molecule is CCC(CC(=O)O)c1cccc([N+](=O)[O-])c1. The van der Waals surface area contributed by atoms with Crippen molar-refractivity contribution in [3.8, 4) is 0 Å². The van der Waals surface area contributed by atoms with Gasteiger partial charge >= 0.3 is 5.97 Å². The van der Waals surface area contributed by atoms with Crippen LogP contribution in [-0.2, 0) is 4.79 Å². The van der Waals surface area contributed by atoms with E-state index < -0.39 is 10.9 Å². The molecule has 1 atom stereocenters. The lowest BCUT2D eigenvalue weighted by atomic mass is 9.93. The molecular formula is C11H13NO4.